The van der Waals surface area contributed by atoms with E-state index in [1.54, 1.807) is 17.3 Å². The van der Waals surface area contributed by atoms with Gasteiger partial charge in [0.2, 0.25) is 5.91 Å². The molecule has 9 nitrogen and oxygen atoms in total. The minimum atomic E-state index is -2.91. The van der Waals surface area contributed by atoms with Gasteiger partial charge in [0.25, 0.3) is 0 Å². The number of nitrogens with zero attached hydrogens (tertiary/aromatic N) is 6. The zero-order valence-corrected chi connectivity index (χ0v) is 18.9. The molecule has 166 valence electrons. The second kappa shape index (κ2) is 7.22. The fraction of sp³-hybridized carbons (Fsp3) is 0.318. The summed E-state index contributed by atoms with van der Waals surface area (Å²) in [6, 6.07) is 5.86. The molecule has 0 bridgehead atoms. The van der Waals surface area contributed by atoms with E-state index >= 15 is 0 Å². The van der Waals surface area contributed by atoms with Crippen LogP contribution in [0.1, 0.15) is 31.7 Å². The first kappa shape index (κ1) is 20.8. The predicted octanol–water partition coefficient (Wildman–Crippen LogP) is 4.07. The first-order valence-corrected chi connectivity index (χ1v) is 12.0. The van der Waals surface area contributed by atoms with Crippen LogP contribution in [0.25, 0.3) is 11.1 Å². The van der Waals surface area contributed by atoms with Crippen molar-refractivity contribution in [2.75, 3.05) is 21.5 Å². The van der Waals surface area contributed by atoms with Crippen LogP contribution >= 0.6 is 10.8 Å². The molecule has 10 heteroatoms. The van der Waals surface area contributed by atoms with Gasteiger partial charge in [-0.05, 0) is 44.4 Å². The third kappa shape index (κ3) is 3.22. The molecule has 0 spiro atoms. The van der Waals surface area contributed by atoms with Crippen molar-refractivity contribution >= 4 is 34.0 Å². The Kier molecular flexibility index (Phi) is 4.70. The third-order valence-corrected chi connectivity index (χ3v) is 7.90. The summed E-state index contributed by atoms with van der Waals surface area (Å²) >= 11 is 0. The standard InChI is InChI=1S/C22H24N6O3S/c1-14-24-10-16(11-25-14)15-5-6-17-18(9-15)28(21(29)22(17,2)3)20-13-23-12-19(26-20)27-7-4-8-32(27,30)31/h5-6,9-13,30-31H,4,7-8H2,1-3H3. The Balaban J connectivity index is 1.60. The smallest absolute Gasteiger partial charge is 0.242 e. The van der Waals surface area contributed by atoms with Crippen LogP contribution in [0.5, 0.6) is 0 Å². The van der Waals surface area contributed by atoms with Crippen molar-refractivity contribution in [2.45, 2.75) is 32.6 Å². The zero-order valence-electron chi connectivity index (χ0n) is 18.1. The fourth-order valence-electron chi connectivity index (χ4n) is 4.19. The quantitative estimate of drug-likeness (QED) is 0.611. The van der Waals surface area contributed by atoms with E-state index in [0.29, 0.717) is 36.2 Å². The number of rotatable bonds is 3. The summed E-state index contributed by atoms with van der Waals surface area (Å²) in [5.74, 6) is 1.57. The number of hydrogen-bond acceptors (Lipinski definition) is 8. The SMILES string of the molecule is Cc1ncc(-c2ccc3c(c2)N(c2cncc(N4CCCS4(O)O)n2)C(=O)C3(C)C)cn1. The van der Waals surface area contributed by atoms with E-state index in [1.165, 1.54) is 16.7 Å². The van der Waals surface area contributed by atoms with Crippen LogP contribution in [0.4, 0.5) is 17.3 Å². The largest absolute Gasteiger partial charge is 0.282 e. The Morgan fingerprint density at radius 1 is 1.03 bits per heavy atom. The van der Waals surface area contributed by atoms with Crippen molar-refractivity contribution in [1.82, 2.24) is 19.9 Å². The molecule has 3 aromatic rings. The highest BCUT2D eigenvalue weighted by Crippen LogP contribution is 2.51. The Morgan fingerprint density at radius 2 is 1.75 bits per heavy atom. The number of fused-ring (bicyclic) bond motifs is 1. The molecule has 32 heavy (non-hydrogen) atoms. The normalized spacial score (nSPS) is 19.8. The molecular formula is C22H24N6O3S. The molecule has 1 saturated heterocycles. The summed E-state index contributed by atoms with van der Waals surface area (Å²) in [5.41, 5.74) is 2.60. The van der Waals surface area contributed by atoms with Gasteiger partial charge < -0.3 is 0 Å². The molecule has 2 aromatic heterocycles. The Hall–Kier alpha value is -3.08. The number of carbonyl (C=O) groups excluding carboxylic acids is 1. The van der Waals surface area contributed by atoms with Crippen LogP contribution in [-0.4, -0.2) is 47.2 Å². The second-order valence-corrected chi connectivity index (χ2v) is 10.7. The van der Waals surface area contributed by atoms with Gasteiger partial charge in [0.15, 0.2) is 11.6 Å². The summed E-state index contributed by atoms with van der Waals surface area (Å²) < 4.78 is 22.2. The highest BCUT2D eigenvalue weighted by atomic mass is 32.3. The summed E-state index contributed by atoms with van der Waals surface area (Å²) in [5, 5.41) is 0. The van der Waals surface area contributed by atoms with Gasteiger partial charge in [-0.15, -0.1) is 10.8 Å². The molecule has 0 atom stereocenters. The summed E-state index contributed by atoms with van der Waals surface area (Å²) in [6.07, 6.45) is 7.20. The molecule has 4 heterocycles. The topological polar surface area (TPSA) is 116 Å². The van der Waals surface area contributed by atoms with Gasteiger partial charge in [-0.25, -0.2) is 15.0 Å². The number of benzene rings is 1. The Bertz CT molecular complexity index is 1210. The molecule has 2 aliphatic heterocycles. The lowest BCUT2D eigenvalue weighted by Gasteiger charge is -2.37. The van der Waals surface area contributed by atoms with Crippen LogP contribution in [0.15, 0.2) is 43.0 Å². The maximum Gasteiger partial charge on any atom is 0.242 e. The van der Waals surface area contributed by atoms with Crippen LogP contribution in [0, 0.1) is 6.92 Å². The molecule has 2 N–H and O–H groups in total. The molecule has 0 aliphatic carbocycles. The van der Waals surface area contributed by atoms with Gasteiger partial charge in [-0.2, -0.15) is 0 Å². The fourth-order valence-corrected chi connectivity index (χ4v) is 5.74. The lowest BCUT2D eigenvalue weighted by molar-refractivity contribution is -0.121. The van der Waals surface area contributed by atoms with Crippen LogP contribution in [0.3, 0.4) is 0 Å². The number of anilines is 3. The third-order valence-electron chi connectivity index (χ3n) is 5.99. The number of aryl methyl sites for hydroxylation is 1. The maximum absolute atomic E-state index is 13.5. The maximum atomic E-state index is 13.5. The predicted molar refractivity (Wildman–Crippen MR) is 124 cm³/mol. The van der Waals surface area contributed by atoms with E-state index in [9.17, 15) is 13.9 Å². The van der Waals surface area contributed by atoms with Crippen molar-refractivity contribution in [3.63, 3.8) is 0 Å². The van der Waals surface area contributed by atoms with Gasteiger partial charge >= 0.3 is 0 Å². The minimum absolute atomic E-state index is 0.121. The molecule has 1 aromatic carbocycles. The van der Waals surface area contributed by atoms with Crippen molar-refractivity contribution < 1.29 is 13.9 Å². The van der Waals surface area contributed by atoms with E-state index in [1.807, 2.05) is 39.0 Å². The Labute approximate surface area is 187 Å². The number of aromatic nitrogens is 4. The van der Waals surface area contributed by atoms with Crippen LogP contribution in [-0.2, 0) is 10.2 Å². The van der Waals surface area contributed by atoms with Crippen molar-refractivity contribution in [3.05, 3.63) is 54.4 Å². The van der Waals surface area contributed by atoms with E-state index < -0.39 is 16.2 Å². The summed E-state index contributed by atoms with van der Waals surface area (Å²) in [7, 11) is -2.91. The minimum Gasteiger partial charge on any atom is -0.282 e. The average Bonchev–Trinajstić information content (AvgIpc) is 3.22. The van der Waals surface area contributed by atoms with E-state index in [-0.39, 0.29) is 5.91 Å². The van der Waals surface area contributed by atoms with Crippen molar-refractivity contribution in [1.29, 1.82) is 0 Å². The number of hydrogen-bond donors (Lipinski definition) is 2. The number of carbonyl (C=O) groups is 1. The van der Waals surface area contributed by atoms with Crippen LogP contribution in [0.2, 0.25) is 0 Å². The molecule has 0 radical (unpaired) electrons. The summed E-state index contributed by atoms with van der Waals surface area (Å²) in [4.78, 5) is 32.4. The van der Waals surface area contributed by atoms with E-state index in [4.69, 9.17) is 0 Å². The highest BCUT2D eigenvalue weighted by Gasteiger charge is 2.45. The lowest BCUT2D eigenvalue weighted by atomic mass is 9.85. The first-order chi connectivity index (χ1) is 15.2. The van der Waals surface area contributed by atoms with Gasteiger partial charge in [0, 0.05) is 24.5 Å². The van der Waals surface area contributed by atoms with Gasteiger partial charge in [-0.3, -0.25) is 28.1 Å². The van der Waals surface area contributed by atoms with Gasteiger partial charge in [0.1, 0.15) is 5.82 Å². The second-order valence-electron chi connectivity index (χ2n) is 8.54. The highest BCUT2D eigenvalue weighted by molar-refractivity contribution is 8.25. The first-order valence-electron chi connectivity index (χ1n) is 10.3. The average molecular weight is 453 g/mol. The molecule has 0 unspecified atom stereocenters. The Morgan fingerprint density at radius 3 is 2.44 bits per heavy atom. The molecule has 2 aliphatic rings. The van der Waals surface area contributed by atoms with Crippen LogP contribution < -0.4 is 9.21 Å². The summed E-state index contributed by atoms with van der Waals surface area (Å²) in [6.45, 7) is 6.08. The monoisotopic (exact) mass is 452 g/mol. The number of amides is 1. The van der Waals surface area contributed by atoms with Gasteiger partial charge in [-0.1, -0.05) is 12.1 Å². The zero-order chi connectivity index (χ0) is 22.7. The molecule has 5 rings (SSSR count). The van der Waals surface area contributed by atoms with E-state index in [0.717, 1.165) is 22.4 Å². The molecule has 1 amide bonds. The van der Waals surface area contributed by atoms with Gasteiger partial charge in [0.05, 0.1) is 29.2 Å². The van der Waals surface area contributed by atoms with Crippen molar-refractivity contribution in [3.8, 4) is 11.1 Å². The molecular weight excluding hydrogens is 428 g/mol. The van der Waals surface area contributed by atoms with Crippen molar-refractivity contribution in [2.24, 2.45) is 0 Å². The lowest BCUT2D eigenvalue weighted by Crippen LogP contribution is -2.34. The molecule has 0 saturated carbocycles. The van der Waals surface area contributed by atoms with E-state index in [2.05, 4.69) is 19.9 Å². The molecule has 1 fully saturated rings.